The number of pyridine rings is 1. The second-order valence-electron chi connectivity index (χ2n) is 4.37. The third-order valence-electron chi connectivity index (χ3n) is 3.00. The smallest absolute Gasteiger partial charge is 0.152 e. The number of nitrogens with one attached hydrogen (secondary N) is 1. The van der Waals surface area contributed by atoms with Crippen LogP contribution in [0.5, 0.6) is 0 Å². The van der Waals surface area contributed by atoms with Crippen molar-refractivity contribution in [2.24, 2.45) is 0 Å². The van der Waals surface area contributed by atoms with Crippen LogP contribution in [0.4, 0.5) is 5.69 Å². The first-order chi connectivity index (χ1) is 8.74. The van der Waals surface area contributed by atoms with Crippen LogP contribution in [0.25, 0.3) is 0 Å². The van der Waals surface area contributed by atoms with Crippen molar-refractivity contribution >= 4 is 40.4 Å². The fraction of sp³-hybridized carbons (Fsp3) is 0.308. The highest BCUT2D eigenvalue weighted by atomic mass is 35.5. The molecule has 0 saturated carbocycles. The molecule has 0 fully saturated rings. The third-order valence-corrected chi connectivity index (χ3v) is 5.64. The summed E-state index contributed by atoms with van der Waals surface area (Å²) < 4.78 is 1.42. The lowest BCUT2D eigenvalue weighted by atomic mass is 10.0. The van der Waals surface area contributed by atoms with Crippen molar-refractivity contribution in [3.8, 4) is 0 Å². The van der Waals surface area contributed by atoms with Crippen molar-refractivity contribution in [3.05, 3.63) is 40.5 Å². The zero-order chi connectivity index (χ0) is 12.5. The fourth-order valence-electron chi connectivity index (χ4n) is 2.17. The number of aromatic nitrogens is 1. The molecule has 0 bridgehead atoms. The summed E-state index contributed by atoms with van der Waals surface area (Å²) in [6.07, 6.45) is 2.82. The molecule has 2 nitrogen and oxygen atoms in total. The van der Waals surface area contributed by atoms with Gasteiger partial charge in [-0.25, -0.2) is 4.98 Å². The average molecular weight is 297 g/mol. The maximum Gasteiger partial charge on any atom is 0.152 e. The summed E-state index contributed by atoms with van der Waals surface area (Å²) in [5.41, 5.74) is 2.31. The average Bonchev–Trinajstić information content (AvgIpc) is 2.80. The van der Waals surface area contributed by atoms with Gasteiger partial charge in [-0.1, -0.05) is 18.5 Å². The Kier molecular flexibility index (Phi) is 3.50. The molecule has 1 unspecified atom stereocenters. The van der Waals surface area contributed by atoms with E-state index in [-0.39, 0.29) is 0 Å². The molecule has 0 aromatic carbocycles. The van der Waals surface area contributed by atoms with E-state index in [0.717, 1.165) is 12.1 Å². The van der Waals surface area contributed by atoms with E-state index < -0.39 is 0 Å². The third kappa shape index (κ3) is 2.37. The van der Waals surface area contributed by atoms with E-state index in [0.29, 0.717) is 16.4 Å². The van der Waals surface area contributed by atoms with Gasteiger partial charge in [-0.15, -0.1) is 23.1 Å². The number of thioether (sulfide) groups is 1. The van der Waals surface area contributed by atoms with Crippen LogP contribution in [0.1, 0.15) is 24.9 Å². The molecule has 0 aliphatic carbocycles. The first-order valence-corrected chi connectivity index (χ1v) is 7.99. The Labute approximate surface area is 120 Å². The molecular weight excluding hydrogens is 284 g/mol. The number of halogens is 1. The van der Waals surface area contributed by atoms with E-state index in [9.17, 15) is 0 Å². The summed E-state index contributed by atoms with van der Waals surface area (Å²) in [6.45, 7) is 2.27. The maximum absolute atomic E-state index is 6.10. The van der Waals surface area contributed by atoms with Crippen molar-refractivity contribution in [2.45, 2.75) is 28.8 Å². The molecule has 1 aliphatic heterocycles. The number of anilines is 1. The molecule has 94 valence electrons. The Morgan fingerprint density at radius 3 is 3.17 bits per heavy atom. The molecule has 18 heavy (non-hydrogen) atoms. The molecule has 1 aliphatic rings. The maximum atomic E-state index is 6.10. The van der Waals surface area contributed by atoms with Gasteiger partial charge < -0.3 is 5.32 Å². The standard InChI is InChI=1S/C13H13ClN2S2/c1-8-7-11(9-4-6-17-13(9)18-8)16-10-3-2-5-15-12(10)14/h2-6,8,11,16H,7H2,1H3/t8-,11?/m0/s1. The number of nitrogens with zero attached hydrogens (tertiary/aromatic N) is 1. The molecular formula is C13H13ClN2S2. The van der Waals surface area contributed by atoms with Gasteiger partial charge in [-0.05, 0) is 35.6 Å². The summed E-state index contributed by atoms with van der Waals surface area (Å²) >= 11 is 9.89. The highest BCUT2D eigenvalue weighted by molar-refractivity contribution is 8.01. The Morgan fingerprint density at radius 2 is 2.33 bits per heavy atom. The Bertz CT molecular complexity index is 555. The van der Waals surface area contributed by atoms with Crippen LogP contribution in [-0.4, -0.2) is 10.2 Å². The molecule has 0 spiro atoms. The fourth-order valence-corrected chi connectivity index (χ4v) is 4.91. The van der Waals surface area contributed by atoms with Gasteiger partial charge in [0.2, 0.25) is 0 Å². The van der Waals surface area contributed by atoms with Crippen LogP contribution in [0.3, 0.4) is 0 Å². The minimum atomic E-state index is 0.337. The Hall–Kier alpha value is -0.710. The van der Waals surface area contributed by atoms with Gasteiger partial charge in [0.1, 0.15) is 0 Å². The van der Waals surface area contributed by atoms with E-state index in [1.807, 2.05) is 35.2 Å². The zero-order valence-corrected chi connectivity index (χ0v) is 12.3. The van der Waals surface area contributed by atoms with Gasteiger partial charge in [0.25, 0.3) is 0 Å². The van der Waals surface area contributed by atoms with Gasteiger partial charge in [0, 0.05) is 11.4 Å². The number of fused-ring (bicyclic) bond motifs is 1. The van der Waals surface area contributed by atoms with E-state index in [4.69, 9.17) is 11.6 Å². The van der Waals surface area contributed by atoms with Crippen LogP contribution >= 0.6 is 34.7 Å². The van der Waals surface area contributed by atoms with Gasteiger partial charge in [-0.2, -0.15) is 0 Å². The predicted molar refractivity (Wildman–Crippen MR) is 79.9 cm³/mol. The molecule has 2 aromatic heterocycles. The first kappa shape index (κ1) is 12.3. The zero-order valence-electron chi connectivity index (χ0n) is 9.89. The van der Waals surface area contributed by atoms with Crippen molar-refractivity contribution in [1.29, 1.82) is 0 Å². The molecule has 3 heterocycles. The lowest BCUT2D eigenvalue weighted by molar-refractivity contribution is 0.669. The number of rotatable bonds is 2. The SMILES string of the molecule is C[C@H]1CC(Nc2cccnc2Cl)c2ccsc2S1. The van der Waals surface area contributed by atoms with Gasteiger partial charge in [0.05, 0.1) is 15.9 Å². The Morgan fingerprint density at radius 1 is 1.44 bits per heavy atom. The van der Waals surface area contributed by atoms with E-state index >= 15 is 0 Å². The monoisotopic (exact) mass is 296 g/mol. The molecule has 2 atom stereocenters. The summed E-state index contributed by atoms with van der Waals surface area (Å²) in [4.78, 5) is 4.11. The second-order valence-corrected chi connectivity index (χ2v) is 7.35. The minimum Gasteiger partial charge on any atom is -0.376 e. The number of hydrogen-bond acceptors (Lipinski definition) is 4. The number of thiophene rings is 1. The molecule has 0 saturated heterocycles. The normalized spacial score (nSPS) is 22.6. The molecule has 0 amide bonds. The van der Waals surface area contributed by atoms with Crippen LogP contribution in [0, 0.1) is 0 Å². The quantitative estimate of drug-likeness (QED) is 0.803. The van der Waals surface area contributed by atoms with Gasteiger partial charge in [0.15, 0.2) is 5.15 Å². The summed E-state index contributed by atoms with van der Waals surface area (Å²) in [5, 5.41) is 6.85. The topological polar surface area (TPSA) is 24.9 Å². The molecule has 5 heteroatoms. The number of hydrogen-bond donors (Lipinski definition) is 1. The highest BCUT2D eigenvalue weighted by Gasteiger charge is 2.26. The lowest BCUT2D eigenvalue weighted by Crippen LogP contribution is -2.19. The first-order valence-electron chi connectivity index (χ1n) is 5.85. The van der Waals surface area contributed by atoms with Crippen molar-refractivity contribution in [1.82, 2.24) is 4.98 Å². The Balaban J connectivity index is 1.88. The van der Waals surface area contributed by atoms with Crippen LogP contribution < -0.4 is 5.32 Å². The van der Waals surface area contributed by atoms with Gasteiger partial charge in [-0.3, -0.25) is 0 Å². The van der Waals surface area contributed by atoms with Crippen LogP contribution in [0.15, 0.2) is 34.0 Å². The molecule has 1 N–H and O–H groups in total. The predicted octanol–water partition coefficient (Wildman–Crippen LogP) is 4.83. The van der Waals surface area contributed by atoms with E-state index in [2.05, 4.69) is 28.7 Å². The van der Waals surface area contributed by atoms with Crippen LogP contribution in [-0.2, 0) is 0 Å². The molecule has 2 aromatic rings. The molecule has 0 radical (unpaired) electrons. The molecule has 3 rings (SSSR count). The second kappa shape index (κ2) is 5.11. The van der Waals surface area contributed by atoms with Crippen molar-refractivity contribution in [2.75, 3.05) is 5.32 Å². The van der Waals surface area contributed by atoms with Crippen LogP contribution in [0.2, 0.25) is 5.15 Å². The summed E-state index contributed by atoms with van der Waals surface area (Å²) in [7, 11) is 0. The summed E-state index contributed by atoms with van der Waals surface area (Å²) in [6, 6.07) is 6.43. The van der Waals surface area contributed by atoms with E-state index in [1.54, 1.807) is 6.20 Å². The van der Waals surface area contributed by atoms with E-state index in [1.165, 1.54) is 9.77 Å². The van der Waals surface area contributed by atoms with Gasteiger partial charge >= 0.3 is 0 Å². The largest absolute Gasteiger partial charge is 0.376 e. The van der Waals surface area contributed by atoms with Crippen molar-refractivity contribution < 1.29 is 0 Å². The lowest BCUT2D eigenvalue weighted by Gasteiger charge is -2.28. The minimum absolute atomic E-state index is 0.337. The highest BCUT2D eigenvalue weighted by Crippen LogP contribution is 2.45. The summed E-state index contributed by atoms with van der Waals surface area (Å²) in [5.74, 6) is 0. The van der Waals surface area contributed by atoms with Crippen molar-refractivity contribution in [3.63, 3.8) is 0 Å².